The molecule has 0 aliphatic carbocycles. The molecule has 0 radical (unpaired) electrons. The fourth-order valence-corrected chi connectivity index (χ4v) is 1.04. The van der Waals surface area contributed by atoms with Crippen molar-refractivity contribution in [3.8, 4) is 0 Å². The topological polar surface area (TPSA) is 29.6 Å². The van der Waals surface area contributed by atoms with E-state index in [-0.39, 0.29) is 0 Å². The average Bonchev–Trinajstić information content (AvgIpc) is 2.50. The zero-order valence-corrected chi connectivity index (χ0v) is 6.59. The largest absolute Gasteiger partial charge is 0.310 e. The zero-order chi connectivity index (χ0) is 8.23. The van der Waals surface area contributed by atoms with Gasteiger partial charge < -0.3 is 4.57 Å². The minimum Gasteiger partial charge on any atom is -0.310 e. The lowest BCUT2D eigenvalue weighted by Crippen LogP contribution is -1.86. The molecule has 0 unspecified atom stereocenters. The summed E-state index contributed by atoms with van der Waals surface area (Å²) in [4.78, 5) is 0. The molecule has 0 fully saturated rings. The number of hydrogen-bond acceptors (Lipinski definition) is 2. The van der Waals surface area contributed by atoms with Gasteiger partial charge in [-0.25, -0.2) is 0 Å². The summed E-state index contributed by atoms with van der Waals surface area (Å²) >= 11 is 0. The van der Waals surface area contributed by atoms with Crippen LogP contribution in [-0.4, -0.2) is 4.57 Å². The molecule has 0 N–H and O–H groups in total. The lowest BCUT2D eigenvalue weighted by Gasteiger charge is -1.92. The van der Waals surface area contributed by atoms with Gasteiger partial charge in [0.15, 0.2) is 5.82 Å². The second-order valence-electron chi connectivity index (χ2n) is 2.49. The second-order valence-corrected chi connectivity index (χ2v) is 2.49. The van der Waals surface area contributed by atoms with Crippen LogP contribution in [0.4, 0.5) is 5.82 Å². The summed E-state index contributed by atoms with van der Waals surface area (Å²) in [5.41, 5.74) is 0. The van der Waals surface area contributed by atoms with Crippen molar-refractivity contribution in [2.24, 2.45) is 10.2 Å². The summed E-state index contributed by atoms with van der Waals surface area (Å²) in [7, 11) is 0. The first kappa shape index (κ1) is 7.03. The average molecular weight is 159 g/mol. The third-order valence-electron chi connectivity index (χ3n) is 1.64. The molecule has 0 saturated heterocycles. The summed E-state index contributed by atoms with van der Waals surface area (Å²) in [6, 6.07) is 11.8. The molecule has 0 bridgehead atoms. The predicted octanol–water partition coefficient (Wildman–Crippen LogP) is 2.67. The van der Waals surface area contributed by atoms with Crippen LogP contribution in [0.3, 0.4) is 0 Å². The molecular weight excluding hydrogens is 150 g/mol. The first-order valence-corrected chi connectivity index (χ1v) is 3.83. The molecule has 12 heavy (non-hydrogen) atoms. The van der Waals surface area contributed by atoms with Crippen molar-refractivity contribution >= 4 is 5.82 Å². The third-order valence-corrected chi connectivity index (χ3v) is 1.64. The van der Waals surface area contributed by atoms with E-state index < -0.39 is 0 Å². The van der Waals surface area contributed by atoms with Crippen LogP contribution in [0, 0.1) is 0 Å². The van der Waals surface area contributed by atoms with E-state index >= 15 is 0 Å². The van der Waals surface area contributed by atoms with Crippen molar-refractivity contribution in [3.63, 3.8) is 0 Å². The monoisotopic (exact) mass is 159 g/mol. The van der Waals surface area contributed by atoms with Gasteiger partial charge in [0.25, 0.3) is 0 Å². The molecule has 1 aliphatic heterocycles. The highest BCUT2D eigenvalue weighted by Gasteiger charge is 1.98. The lowest BCUT2D eigenvalue weighted by molar-refractivity contribution is 0.774. The van der Waals surface area contributed by atoms with Gasteiger partial charge in [-0.3, -0.25) is 0 Å². The molecule has 2 rings (SSSR count). The van der Waals surface area contributed by atoms with Crippen molar-refractivity contribution in [3.05, 3.63) is 42.6 Å². The van der Waals surface area contributed by atoms with Crippen LogP contribution >= 0.6 is 0 Å². The molecule has 0 aromatic carbocycles. The van der Waals surface area contributed by atoms with E-state index in [1.807, 2.05) is 47.2 Å². The van der Waals surface area contributed by atoms with Crippen LogP contribution in [0.5, 0.6) is 0 Å². The number of rotatable bonds is 0. The second kappa shape index (κ2) is 3.17. The number of hydrogen-bond donors (Lipinski definition) is 0. The molecule has 0 saturated carbocycles. The van der Waals surface area contributed by atoms with Gasteiger partial charge in [0.05, 0.1) is 0 Å². The summed E-state index contributed by atoms with van der Waals surface area (Å²) in [6.07, 6.45) is 1.97. The standard InChI is InChI=1S/C9H9N3/c1-2-4-6-9-11-10-8-12(9)7-5-3-1/h1-7H,8H2. The Hall–Kier alpha value is -1.64. The molecule has 1 aliphatic rings. The molecule has 2 heterocycles. The van der Waals surface area contributed by atoms with Gasteiger partial charge in [-0.2, -0.15) is 5.11 Å². The van der Waals surface area contributed by atoms with Crippen LogP contribution in [0.2, 0.25) is 0 Å². The quantitative estimate of drug-likeness (QED) is 0.557. The summed E-state index contributed by atoms with van der Waals surface area (Å²) < 4.78 is 1.99. The van der Waals surface area contributed by atoms with E-state index in [0.717, 1.165) is 5.82 Å². The SMILES string of the molecule is c1cccc2n(ccc1)CN=N2. The first-order valence-electron chi connectivity index (χ1n) is 3.83. The van der Waals surface area contributed by atoms with Crippen LogP contribution in [-0.2, 0) is 6.67 Å². The van der Waals surface area contributed by atoms with Crippen molar-refractivity contribution < 1.29 is 0 Å². The summed E-state index contributed by atoms with van der Waals surface area (Å²) in [5.74, 6) is 0.895. The Bertz CT molecular complexity index is 351. The molecule has 1 aromatic rings. The van der Waals surface area contributed by atoms with Gasteiger partial charge in [0, 0.05) is 6.20 Å². The minimum absolute atomic E-state index is 0.629. The first-order chi connectivity index (χ1) is 5.97. The maximum Gasteiger partial charge on any atom is 0.156 e. The molecule has 3 heteroatoms. The van der Waals surface area contributed by atoms with Crippen LogP contribution in [0.15, 0.2) is 52.8 Å². The molecule has 0 amide bonds. The van der Waals surface area contributed by atoms with Crippen molar-refractivity contribution in [2.45, 2.75) is 6.67 Å². The van der Waals surface area contributed by atoms with E-state index in [1.54, 1.807) is 0 Å². The fraction of sp³-hybridized carbons (Fsp3) is 0.111. The van der Waals surface area contributed by atoms with E-state index in [1.165, 1.54) is 0 Å². The van der Waals surface area contributed by atoms with E-state index in [0.29, 0.717) is 6.67 Å². The number of azo groups is 1. The Morgan fingerprint density at radius 1 is 1.08 bits per heavy atom. The number of fused-ring (bicyclic) bond motifs is 1. The van der Waals surface area contributed by atoms with Crippen LogP contribution in [0.25, 0.3) is 0 Å². The van der Waals surface area contributed by atoms with E-state index in [9.17, 15) is 0 Å². The van der Waals surface area contributed by atoms with E-state index in [4.69, 9.17) is 0 Å². The Morgan fingerprint density at radius 3 is 2.92 bits per heavy atom. The number of nitrogens with zero attached hydrogens (tertiary/aromatic N) is 3. The van der Waals surface area contributed by atoms with Crippen molar-refractivity contribution in [1.29, 1.82) is 0 Å². The Kier molecular flexibility index (Phi) is 1.86. The highest BCUT2D eigenvalue weighted by molar-refractivity contribution is 5.26. The van der Waals surface area contributed by atoms with Crippen molar-refractivity contribution in [2.75, 3.05) is 0 Å². The maximum absolute atomic E-state index is 3.98. The highest BCUT2D eigenvalue weighted by Crippen LogP contribution is 2.15. The molecule has 3 nitrogen and oxygen atoms in total. The number of aromatic nitrogens is 1. The van der Waals surface area contributed by atoms with Crippen LogP contribution < -0.4 is 0 Å². The molecule has 60 valence electrons. The third kappa shape index (κ3) is 1.34. The summed E-state index contributed by atoms with van der Waals surface area (Å²) in [5, 5.41) is 7.90. The fourth-order valence-electron chi connectivity index (χ4n) is 1.04. The van der Waals surface area contributed by atoms with Gasteiger partial charge in [0.1, 0.15) is 6.67 Å². The predicted molar refractivity (Wildman–Crippen MR) is 46.6 cm³/mol. The van der Waals surface area contributed by atoms with E-state index in [2.05, 4.69) is 10.2 Å². The smallest absolute Gasteiger partial charge is 0.156 e. The summed E-state index contributed by atoms with van der Waals surface area (Å²) in [6.45, 7) is 0.629. The molecule has 0 atom stereocenters. The van der Waals surface area contributed by atoms with Gasteiger partial charge in [-0.1, -0.05) is 24.3 Å². The van der Waals surface area contributed by atoms with Gasteiger partial charge in [-0.15, -0.1) is 5.11 Å². The Morgan fingerprint density at radius 2 is 1.92 bits per heavy atom. The lowest BCUT2D eigenvalue weighted by atomic mass is 10.5. The maximum atomic E-state index is 3.98. The van der Waals surface area contributed by atoms with Gasteiger partial charge in [-0.05, 0) is 12.1 Å². The zero-order valence-electron chi connectivity index (χ0n) is 6.59. The molecule has 1 aromatic heterocycles. The van der Waals surface area contributed by atoms with Gasteiger partial charge in [0.2, 0.25) is 0 Å². The van der Waals surface area contributed by atoms with Crippen LogP contribution in [0.1, 0.15) is 0 Å². The Balaban J connectivity index is 2.61. The molecular formula is C9H9N3. The normalized spacial score (nSPS) is 12.3. The minimum atomic E-state index is 0.629. The highest BCUT2D eigenvalue weighted by atomic mass is 15.3. The van der Waals surface area contributed by atoms with Crippen molar-refractivity contribution in [1.82, 2.24) is 4.57 Å². The molecule has 0 spiro atoms. The Labute approximate surface area is 70.7 Å². The van der Waals surface area contributed by atoms with Gasteiger partial charge >= 0.3 is 0 Å².